The number of ether oxygens (including phenoxy) is 2. The lowest BCUT2D eigenvalue weighted by Crippen LogP contribution is -2.49. The number of hydrogen-bond acceptors (Lipinski definition) is 4. The van der Waals surface area contributed by atoms with Gasteiger partial charge in [-0.25, -0.2) is 0 Å². The second-order valence-corrected chi connectivity index (χ2v) is 6.05. The Balaban J connectivity index is 1.57. The van der Waals surface area contributed by atoms with Gasteiger partial charge in [0.1, 0.15) is 11.5 Å². The van der Waals surface area contributed by atoms with Crippen molar-refractivity contribution >= 4 is 11.6 Å². The summed E-state index contributed by atoms with van der Waals surface area (Å²) in [5.74, 6) is 1.78. The first kappa shape index (κ1) is 17.1. The fourth-order valence-electron chi connectivity index (χ4n) is 3.13. The SMILES string of the molecule is COc1ccc(N2CCN(C(=O)Cc3ccccc3OC)CC2)cc1. The van der Waals surface area contributed by atoms with Crippen molar-refractivity contribution in [3.8, 4) is 11.5 Å². The summed E-state index contributed by atoms with van der Waals surface area (Å²) >= 11 is 0. The van der Waals surface area contributed by atoms with Gasteiger partial charge in [0.2, 0.25) is 5.91 Å². The maximum absolute atomic E-state index is 12.6. The number of hydrogen-bond donors (Lipinski definition) is 0. The van der Waals surface area contributed by atoms with E-state index in [9.17, 15) is 4.79 Å². The summed E-state index contributed by atoms with van der Waals surface area (Å²) in [6.07, 6.45) is 0.381. The van der Waals surface area contributed by atoms with Crippen LogP contribution < -0.4 is 14.4 Å². The Morgan fingerprint density at radius 2 is 1.60 bits per heavy atom. The summed E-state index contributed by atoms with van der Waals surface area (Å²) in [7, 11) is 3.30. The number of carbonyl (C=O) groups is 1. The lowest BCUT2D eigenvalue weighted by Gasteiger charge is -2.36. The van der Waals surface area contributed by atoms with Crippen molar-refractivity contribution in [2.45, 2.75) is 6.42 Å². The highest BCUT2D eigenvalue weighted by Crippen LogP contribution is 2.22. The molecular formula is C20H24N2O3. The molecule has 0 N–H and O–H groups in total. The highest BCUT2D eigenvalue weighted by molar-refractivity contribution is 5.79. The van der Waals surface area contributed by atoms with Gasteiger partial charge in [-0.15, -0.1) is 0 Å². The highest BCUT2D eigenvalue weighted by Gasteiger charge is 2.22. The molecule has 0 bridgehead atoms. The van der Waals surface area contributed by atoms with Crippen LogP contribution in [-0.4, -0.2) is 51.2 Å². The van der Waals surface area contributed by atoms with Crippen molar-refractivity contribution in [3.63, 3.8) is 0 Å². The lowest BCUT2D eigenvalue weighted by molar-refractivity contribution is -0.130. The molecule has 0 radical (unpaired) electrons. The van der Waals surface area contributed by atoms with Crippen LogP contribution in [0.25, 0.3) is 0 Å². The van der Waals surface area contributed by atoms with Gasteiger partial charge >= 0.3 is 0 Å². The molecule has 1 aliphatic heterocycles. The molecule has 0 spiro atoms. The van der Waals surface area contributed by atoms with E-state index in [0.29, 0.717) is 6.42 Å². The van der Waals surface area contributed by atoms with Crippen LogP contribution in [0.5, 0.6) is 11.5 Å². The van der Waals surface area contributed by atoms with Crippen molar-refractivity contribution in [2.75, 3.05) is 45.3 Å². The molecule has 0 atom stereocenters. The number of carbonyl (C=O) groups excluding carboxylic acids is 1. The fraction of sp³-hybridized carbons (Fsp3) is 0.350. The molecule has 5 heteroatoms. The Morgan fingerprint density at radius 3 is 2.24 bits per heavy atom. The van der Waals surface area contributed by atoms with Gasteiger partial charge in [0.25, 0.3) is 0 Å². The lowest BCUT2D eigenvalue weighted by atomic mass is 10.1. The van der Waals surface area contributed by atoms with Crippen LogP contribution in [0.4, 0.5) is 5.69 Å². The van der Waals surface area contributed by atoms with E-state index < -0.39 is 0 Å². The number of nitrogens with zero attached hydrogens (tertiary/aromatic N) is 2. The molecule has 1 amide bonds. The Hall–Kier alpha value is -2.69. The largest absolute Gasteiger partial charge is 0.497 e. The normalized spacial score (nSPS) is 14.3. The average molecular weight is 340 g/mol. The van der Waals surface area contributed by atoms with Crippen LogP contribution in [0.3, 0.4) is 0 Å². The van der Waals surface area contributed by atoms with E-state index in [4.69, 9.17) is 9.47 Å². The van der Waals surface area contributed by atoms with Crippen LogP contribution in [0, 0.1) is 0 Å². The van der Waals surface area contributed by atoms with E-state index in [2.05, 4.69) is 17.0 Å². The van der Waals surface area contributed by atoms with Gasteiger partial charge in [0.05, 0.1) is 20.6 Å². The standard InChI is InChI=1S/C20H24N2O3/c1-24-18-9-7-17(8-10-18)21-11-13-22(14-12-21)20(23)15-16-5-3-4-6-19(16)25-2/h3-10H,11-15H2,1-2H3. The van der Waals surface area contributed by atoms with E-state index in [-0.39, 0.29) is 5.91 Å². The van der Waals surface area contributed by atoms with E-state index in [0.717, 1.165) is 48.9 Å². The number of benzene rings is 2. The Kier molecular flexibility index (Phi) is 5.43. The molecule has 2 aromatic rings. The summed E-state index contributed by atoms with van der Waals surface area (Å²) in [5.41, 5.74) is 2.10. The van der Waals surface area contributed by atoms with Crippen molar-refractivity contribution in [1.82, 2.24) is 4.90 Å². The third kappa shape index (κ3) is 4.05. The van der Waals surface area contributed by atoms with Crippen molar-refractivity contribution in [1.29, 1.82) is 0 Å². The molecule has 0 aliphatic carbocycles. The topological polar surface area (TPSA) is 42.0 Å². The monoisotopic (exact) mass is 340 g/mol. The van der Waals surface area contributed by atoms with E-state index >= 15 is 0 Å². The second-order valence-electron chi connectivity index (χ2n) is 6.05. The number of anilines is 1. The average Bonchev–Trinajstić information content (AvgIpc) is 2.68. The molecule has 1 aliphatic rings. The summed E-state index contributed by atoms with van der Waals surface area (Å²) in [4.78, 5) is 16.8. The first-order valence-corrected chi connectivity index (χ1v) is 8.50. The Labute approximate surface area is 148 Å². The Morgan fingerprint density at radius 1 is 0.920 bits per heavy atom. The van der Waals surface area contributed by atoms with Crippen molar-refractivity contribution in [2.24, 2.45) is 0 Å². The molecule has 0 unspecified atom stereocenters. The first-order chi connectivity index (χ1) is 12.2. The van der Waals surface area contributed by atoms with Crippen molar-refractivity contribution < 1.29 is 14.3 Å². The minimum Gasteiger partial charge on any atom is -0.497 e. The zero-order valence-electron chi connectivity index (χ0n) is 14.8. The summed E-state index contributed by atoms with van der Waals surface area (Å²) in [6, 6.07) is 15.8. The van der Waals surface area contributed by atoms with E-state index in [1.54, 1.807) is 14.2 Å². The molecule has 0 saturated carbocycles. The third-order valence-electron chi connectivity index (χ3n) is 4.60. The van der Waals surface area contributed by atoms with Crippen LogP contribution in [0.2, 0.25) is 0 Å². The van der Waals surface area contributed by atoms with Gasteiger partial charge in [-0.3, -0.25) is 4.79 Å². The number of methoxy groups -OCH3 is 2. The third-order valence-corrected chi connectivity index (χ3v) is 4.60. The predicted molar refractivity (Wildman–Crippen MR) is 98.5 cm³/mol. The van der Waals surface area contributed by atoms with E-state index in [1.807, 2.05) is 41.3 Å². The van der Waals surface area contributed by atoms with Crippen molar-refractivity contribution in [3.05, 3.63) is 54.1 Å². The molecule has 132 valence electrons. The molecule has 2 aromatic carbocycles. The fourth-order valence-corrected chi connectivity index (χ4v) is 3.13. The van der Waals surface area contributed by atoms with Crippen LogP contribution in [0.1, 0.15) is 5.56 Å². The highest BCUT2D eigenvalue weighted by atomic mass is 16.5. The molecular weight excluding hydrogens is 316 g/mol. The molecule has 5 nitrogen and oxygen atoms in total. The zero-order chi connectivity index (χ0) is 17.6. The summed E-state index contributed by atoms with van der Waals surface area (Å²) in [5, 5.41) is 0. The Bertz CT molecular complexity index is 707. The predicted octanol–water partition coefficient (Wildman–Crippen LogP) is 2.60. The number of amides is 1. The molecule has 25 heavy (non-hydrogen) atoms. The van der Waals surface area contributed by atoms with Gasteiger partial charge in [0, 0.05) is 37.4 Å². The molecule has 1 fully saturated rings. The number of para-hydroxylation sites is 1. The van der Waals surface area contributed by atoms with Crippen LogP contribution >= 0.6 is 0 Å². The minimum absolute atomic E-state index is 0.152. The summed E-state index contributed by atoms with van der Waals surface area (Å²) in [6.45, 7) is 3.15. The summed E-state index contributed by atoms with van der Waals surface area (Å²) < 4.78 is 10.5. The van der Waals surface area contributed by atoms with Gasteiger partial charge in [-0.05, 0) is 30.3 Å². The quantitative estimate of drug-likeness (QED) is 0.839. The molecule has 0 aromatic heterocycles. The maximum Gasteiger partial charge on any atom is 0.227 e. The first-order valence-electron chi connectivity index (χ1n) is 8.50. The second kappa shape index (κ2) is 7.92. The number of rotatable bonds is 5. The van der Waals surface area contributed by atoms with E-state index in [1.165, 1.54) is 0 Å². The minimum atomic E-state index is 0.152. The molecule has 1 heterocycles. The van der Waals surface area contributed by atoms with Gasteiger partial charge in [0.15, 0.2) is 0 Å². The maximum atomic E-state index is 12.6. The van der Waals surface area contributed by atoms with Gasteiger partial charge in [-0.2, -0.15) is 0 Å². The van der Waals surface area contributed by atoms with Crippen LogP contribution in [-0.2, 0) is 11.2 Å². The smallest absolute Gasteiger partial charge is 0.227 e. The van der Waals surface area contributed by atoms with Gasteiger partial charge in [-0.1, -0.05) is 18.2 Å². The molecule has 1 saturated heterocycles. The van der Waals surface area contributed by atoms with Gasteiger partial charge < -0.3 is 19.3 Å². The molecule has 3 rings (SSSR count). The number of piperazine rings is 1. The van der Waals surface area contributed by atoms with Crippen LogP contribution in [0.15, 0.2) is 48.5 Å². The zero-order valence-corrected chi connectivity index (χ0v) is 14.8.